The van der Waals surface area contributed by atoms with Crippen molar-refractivity contribution in [3.05, 3.63) is 58.4 Å². The van der Waals surface area contributed by atoms with E-state index < -0.39 is 5.25 Å². The van der Waals surface area contributed by atoms with Crippen molar-refractivity contribution in [1.29, 1.82) is 0 Å². The van der Waals surface area contributed by atoms with Gasteiger partial charge < -0.3 is 5.32 Å². The number of anilines is 1. The molecule has 2 aromatic heterocycles. The number of aromatic nitrogens is 3. The van der Waals surface area contributed by atoms with Crippen molar-refractivity contribution in [2.45, 2.75) is 37.7 Å². The van der Waals surface area contributed by atoms with E-state index in [9.17, 15) is 9.59 Å². The Balaban J connectivity index is 1.57. The fraction of sp³-hybridized carbons (Fsp3) is 0.238. The van der Waals surface area contributed by atoms with Crippen LogP contribution in [0.25, 0.3) is 21.1 Å². The number of benzene rings is 2. The Labute approximate surface area is 176 Å². The van der Waals surface area contributed by atoms with Gasteiger partial charge in [-0.05, 0) is 50.6 Å². The molecule has 0 spiro atoms. The Morgan fingerprint density at radius 3 is 2.79 bits per heavy atom. The number of thioether (sulfide) groups is 1. The van der Waals surface area contributed by atoms with Crippen LogP contribution >= 0.6 is 23.1 Å². The minimum atomic E-state index is -0.436. The molecule has 0 saturated heterocycles. The fourth-order valence-corrected chi connectivity index (χ4v) is 4.96. The molecular weight excluding hydrogens is 404 g/mol. The van der Waals surface area contributed by atoms with Gasteiger partial charge in [-0.15, -0.1) is 0 Å². The number of para-hydroxylation sites is 1. The molecule has 4 rings (SSSR count). The van der Waals surface area contributed by atoms with Gasteiger partial charge in [-0.1, -0.05) is 41.3 Å². The van der Waals surface area contributed by atoms with Gasteiger partial charge in [-0.3, -0.25) is 14.2 Å². The standard InChI is InChI=1S/C21H20N4O2S2/c1-4-25-19(27)14-7-5-6-8-15(14)23-21(25)28-13(3)18(26)24-20-22-16-10-9-12(2)11-17(16)29-20/h5-11,13H,4H2,1-3H3,(H,22,24,26). The molecule has 1 amide bonds. The lowest BCUT2D eigenvalue weighted by molar-refractivity contribution is -0.115. The molecule has 29 heavy (non-hydrogen) atoms. The van der Waals surface area contributed by atoms with Crippen molar-refractivity contribution in [2.24, 2.45) is 0 Å². The Hall–Kier alpha value is -2.71. The van der Waals surface area contributed by atoms with Crippen LogP contribution in [0.5, 0.6) is 0 Å². The monoisotopic (exact) mass is 424 g/mol. The second kappa shape index (κ2) is 7.96. The molecule has 8 heteroatoms. The average Bonchev–Trinajstić information content (AvgIpc) is 3.09. The third-order valence-electron chi connectivity index (χ3n) is 4.57. The van der Waals surface area contributed by atoms with Gasteiger partial charge in [0.1, 0.15) is 0 Å². The summed E-state index contributed by atoms with van der Waals surface area (Å²) < 4.78 is 2.65. The van der Waals surface area contributed by atoms with E-state index in [2.05, 4.69) is 21.4 Å². The third-order valence-corrected chi connectivity index (χ3v) is 6.59. The molecule has 0 fully saturated rings. The zero-order chi connectivity index (χ0) is 20.5. The summed E-state index contributed by atoms with van der Waals surface area (Å²) in [5.41, 5.74) is 2.57. The maximum atomic E-state index is 12.8. The van der Waals surface area contributed by atoms with Gasteiger partial charge in [-0.25, -0.2) is 9.97 Å². The molecule has 2 heterocycles. The molecule has 148 valence electrons. The zero-order valence-corrected chi connectivity index (χ0v) is 17.9. The SMILES string of the molecule is CCn1c(SC(C)C(=O)Nc2nc3ccc(C)cc3s2)nc2ccccc2c1=O. The number of carbonyl (C=O) groups excluding carboxylic acids is 1. The predicted octanol–water partition coefficient (Wildman–Crippen LogP) is 4.45. The quantitative estimate of drug-likeness (QED) is 0.378. The number of aryl methyl sites for hydroxylation is 1. The number of hydrogen-bond acceptors (Lipinski definition) is 6. The molecule has 0 bridgehead atoms. The van der Waals surface area contributed by atoms with Crippen molar-refractivity contribution >= 4 is 55.3 Å². The number of rotatable bonds is 5. The molecule has 4 aromatic rings. The highest BCUT2D eigenvalue weighted by Crippen LogP contribution is 2.28. The van der Waals surface area contributed by atoms with Crippen LogP contribution in [0.15, 0.2) is 52.4 Å². The highest BCUT2D eigenvalue weighted by molar-refractivity contribution is 8.00. The Bertz CT molecular complexity index is 1280. The smallest absolute Gasteiger partial charge is 0.262 e. The highest BCUT2D eigenvalue weighted by atomic mass is 32.2. The summed E-state index contributed by atoms with van der Waals surface area (Å²) >= 11 is 2.73. The summed E-state index contributed by atoms with van der Waals surface area (Å²) in [6, 6.07) is 13.3. The van der Waals surface area contributed by atoms with Crippen LogP contribution in [0.3, 0.4) is 0 Å². The van der Waals surface area contributed by atoms with E-state index >= 15 is 0 Å². The van der Waals surface area contributed by atoms with Crippen LogP contribution in [-0.4, -0.2) is 25.7 Å². The Morgan fingerprint density at radius 2 is 2.00 bits per heavy atom. The molecule has 0 aliphatic rings. The first-order chi connectivity index (χ1) is 14.0. The van der Waals surface area contributed by atoms with Gasteiger partial charge >= 0.3 is 0 Å². The highest BCUT2D eigenvalue weighted by Gasteiger charge is 2.20. The van der Waals surface area contributed by atoms with Crippen molar-refractivity contribution in [3.63, 3.8) is 0 Å². The van der Waals surface area contributed by atoms with Crippen molar-refractivity contribution in [3.8, 4) is 0 Å². The number of carbonyl (C=O) groups is 1. The second-order valence-electron chi connectivity index (χ2n) is 6.70. The van der Waals surface area contributed by atoms with Crippen molar-refractivity contribution in [2.75, 3.05) is 5.32 Å². The maximum Gasteiger partial charge on any atom is 0.262 e. The van der Waals surface area contributed by atoms with Crippen LogP contribution in [0.1, 0.15) is 19.4 Å². The molecule has 2 aromatic carbocycles. The van der Waals surface area contributed by atoms with Gasteiger partial charge in [-0.2, -0.15) is 0 Å². The second-order valence-corrected chi connectivity index (χ2v) is 9.04. The normalized spacial score (nSPS) is 12.4. The van der Waals surface area contributed by atoms with Crippen LogP contribution in [0.4, 0.5) is 5.13 Å². The largest absolute Gasteiger partial charge is 0.301 e. The molecule has 0 radical (unpaired) electrons. The summed E-state index contributed by atoms with van der Waals surface area (Å²) in [5, 5.41) is 4.15. The van der Waals surface area contributed by atoms with E-state index in [1.807, 2.05) is 44.2 Å². The summed E-state index contributed by atoms with van der Waals surface area (Å²) in [4.78, 5) is 34.6. The molecule has 0 saturated carbocycles. The fourth-order valence-electron chi connectivity index (χ4n) is 3.02. The predicted molar refractivity (Wildman–Crippen MR) is 120 cm³/mol. The summed E-state index contributed by atoms with van der Waals surface area (Å²) in [7, 11) is 0. The number of thiazole rings is 1. The topological polar surface area (TPSA) is 76.9 Å². The van der Waals surface area contributed by atoms with E-state index in [-0.39, 0.29) is 11.5 Å². The lowest BCUT2D eigenvalue weighted by Gasteiger charge is -2.14. The first kappa shape index (κ1) is 19.6. The van der Waals surface area contributed by atoms with Gasteiger partial charge in [0.25, 0.3) is 5.56 Å². The Morgan fingerprint density at radius 1 is 1.21 bits per heavy atom. The third kappa shape index (κ3) is 3.90. The minimum Gasteiger partial charge on any atom is -0.301 e. The minimum absolute atomic E-state index is 0.0882. The lowest BCUT2D eigenvalue weighted by atomic mass is 10.2. The van der Waals surface area contributed by atoms with E-state index in [0.717, 1.165) is 15.8 Å². The molecule has 0 aliphatic carbocycles. The van der Waals surface area contributed by atoms with Crippen molar-refractivity contribution in [1.82, 2.24) is 14.5 Å². The summed E-state index contributed by atoms with van der Waals surface area (Å²) in [6.07, 6.45) is 0. The molecule has 1 N–H and O–H groups in total. The first-order valence-corrected chi connectivity index (χ1v) is 11.0. The van der Waals surface area contributed by atoms with E-state index in [4.69, 9.17) is 0 Å². The van der Waals surface area contributed by atoms with Gasteiger partial charge in [0.2, 0.25) is 5.91 Å². The van der Waals surface area contributed by atoms with E-state index in [0.29, 0.717) is 27.7 Å². The molecule has 1 unspecified atom stereocenters. The van der Waals surface area contributed by atoms with Gasteiger partial charge in [0.05, 0.1) is 26.4 Å². The molecule has 0 aliphatic heterocycles. The number of nitrogens with zero attached hydrogens (tertiary/aromatic N) is 3. The van der Waals surface area contributed by atoms with Crippen molar-refractivity contribution < 1.29 is 4.79 Å². The lowest BCUT2D eigenvalue weighted by Crippen LogP contribution is -2.26. The summed E-state index contributed by atoms with van der Waals surface area (Å²) in [6.45, 7) is 6.22. The van der Waals surface area contributed by atoms with E-state index in [1.54, 1.807) is 17.6 Å². The first-order valence-electron chi connectivity index (χ1n) is 9.30. The van der Waals surface area contributed by atoms with Crippen LogP contribution in [0, 0.1) is 6.92 Å². The maximum absolute atomic E-state index is 12.8. The van der Waals surface area contributed by atoms with Crippen LogP contribution < -0.4 is 10.9 Å². The zero-order valence-electron chi connectivity index (χ0n) is 16.3. The van der Waals surface area contributed by atoms with Crippen LogP contribution in [0.2, 0.25) is 0 Å². The van der Waals surface area contributed by atoms with Gasteiger partial charge in [0, 0.05) is 6.54 Å². The number of amides is 1. The van der Waals surface area contributed by atoms with Gasteiger partial charge in [0.15, 0.2) is 10.3 Å². The molecule has 6 nitrogen and oxygen atoms in total. The van der Waals surface area contributed by atoms with Crippen LogP contribution in [-0.2, 0) is 11.3 Å². The van der Waals surface area contributed by atoms with E-state index in [1.165, 1.54) is 23.1 Å². The number of fused-ring (bicyclic) bond motifs is 2. The molecule has 1 atom stereocenters. The Kier molecular flexibility index (Phi) is 5.38. The number of nitrogens with one attached hydrogen (secondary N) is 1. The molecular formula is C21H20N4O2S2. The summed E-state index contributed by atoms with van der Waals surface area (Å²) in [5.74, 6) is -0.171. The number of hydrogen-bond donors (Lipinski definition) is 1. The average molecular weight is 425 g/mol.